The Balaban J connectivity index is 0.957. The van der Waals surface area contributed by atoms with Crippen LogP contribution in [0.5, 0.6) is 0 Å². The minimum Gasteiger partial charge on any atom is -0.456 e. The highest BCUT2D eigenvalue weighted by Gasteiger charge is 2.36. The predicted molar refractivity (Wildman–Crippen MR) is 238 cm³/mol. The number of rotatable bonds is 3. The second-order valence-corrected chi connectivity index (χ2v) is 16.0. The lowest BCUT2D eigenvalue weighted by atomic mass is 9.81. The van der Waals surface area contributed by atoms with Gasteiger partial charge >= 0.3 is 0 Å². The molecule has 0 bridgehead atoms. The molecule has 262 valence electrons. The van der Waals surface area contributed by atoms with E-state index in [0.717, 1.165) is 11.2 Å². The van der Waals surface area contributed by atoms with Crippen LogP contribution in [0.3, 0.4) is 0 Å². The Bertz CT molecular complexity index is 3380. The first kappa shape index (κ1) is 31.4. The fourth-order valence-electron chi connectivity index (χ4n) is 9.89. The third-order valence-electron chi connectivity index (χ3n) is 12.6. The van der Waals surface area contributed by atoms with Gasteiger partial charge in [0.25, 0.3) is 0 Å². The van der Waals surface area contributed by atoms with Crippen molar-refractivity contribution in [2.45, 2.75) is 19.3 Å². The van der Waals surface area contributed by atoms with E-state index in [4.69, 9.17) is 4.42 Å². The summed E-state index contributed by atoms with van der Waals surface area (Å²) in [5.74, 6) is 0. The van der Waals surface area contributed by atoms with Gasteiger partial charge in [0.15, 0.2) is 0 Å². The van der Waals surface area contributed by atoms with Crippen LogP contribution in [0.15, 0.2) is 186 Å². The molecule has 0 spiro atoms. The molecule has 12 rings (SSSR count). The number of fused-ring (bicyclic) bond motifs is 11. The maximum Gasteiger partial charge on any atom is 0.136 e. The minimum atomic E-state index is -0.156. The third kappa shape index (κ3) is 4.43. The Kier molecular flexibility index (Phi) is 6.46. The van der Waals surface area contributed by atoms with Gasteiger partial charge in [-0.3, -0.25) is 0 Å². The molecule has 1 aliphatic carbocycles. The number of furan rings is 1. The molecular weight excluding hydrogens is 677 g/mol. The average molecular weight is 713 g/mol. The van der Waals surface area contributed by atoms with E-state index in [1.165, 1.54) is 109 Å². The Morgan fingerprint density at radius 3 is 1.59 bits per heavy atom. The van der Waals surface area contributed by atoms with Gasteiger partial charge in [-0.1, -0.05) is 159 Å². The van der Waals surface area contributed by atoms with Crippen molar-refractivity contribution in [3.05, 3.63) is 193 Å². The van der Waals surface area contributed by atoms with Crippen molar-refractivity contribution in [1.82, 2.24) is 0 Å². The smallest absolute Gasteiger partial charge is 0.136 e. The summed E-state index contributed by atoms with van der Waals surface area (Å²) in [5, 5.41) is 12.5. The summed E-state index contributed by atoms with van der Waals surface area (Å²) in [4.78, 5) is 0. The van der Waals surface area contributed by atoms with Crippen LogP contribution in [0.25, 0.3) is 110 Å². The zero-order valence-electron chi connectivity index (χ0n) is 31.2. The van der Waals surface area contributed by atoms with Gasteiger partial charge in [-0.25, -0.2) is 0 Å². The van der Waals surface area contributed by atoms with Crippen molar-refractivity contribution in [1.29, 1.82) is 0 Å². The summed E-state index contributed by atoms with van der Waals surface area (Å²) in [7, 11) is 0. The van der Waals surface area contributed by atoms with Crippen molar-refractivity contribution < 1.29 is 4.42 Å². The summed E-state index contributed by atoms with van der Waals surface area (Å²) in [5.41, 5.74) is 14.6. The third-order valence-corrected chi connectivity index (χ3v) is 12.6. The minimum absolute atomic E-state index is 0.156. The topological polar surface area (TPSA) is 13.1 Å². The lowest BCUT2D eigenvalue weighted by Gasteiger charge is -2.22. The van der Waals surface area contributed by atoms with Crippen molar-refractivity contribution in [3.63, 3.8) is 0 Å². The summed E-state index contributed by atoms with van der Waals surface area (Å²) >= 11 is 0. The SMILES string of the molecule is CC1(C)c2cc(-c3ccc4cc(-c5c6ccccc6c(-c6ccccc6)c6ccccc56)ccc4c3)ccc2-c2cc3oc4ccc5ccccc5c4c3cc21. The molecule has 1 nitrogen and oxygen atoms in total. The van der Waals surface area contributed by atoms with Gasteiger partial charge in [-0.2, -0.15) is 0 Å². The van der Waals surface area contributed by atoms with Crippen LogP contribution in [0.2, 0.25) is 0 Å². The predicted octanol–water partition coefficient (Wildman–Crippen LogP) is 15.5. The number of benzene rings is 10. The number of hydrogen-bond acceptors (Lipinski definition) is 1. The summed E-state index contributed by atoms with van der Waals surface area (Å²) < 4.78 is 6.51. The Morgan fingerprint density at radius 2 is 0.875 bits per heavy atom. The first-order valence-electron chi connectivity index (χ1n) is 19.6. The van der Waals surface area contributed by atoms with Crippen LogP contribution in [0.1, 0.15) is 25.0 Å². The Hall–Kier alpha value is -6.96. The van der Waals surface area contributed by atoms with Gasteiger partial charge in [0.1, 0.15) is 11.2 Å². The zero-order valence-corrected chi connectivity index (χ0v) is 31.2. The first-order valence-corrected chi connectivity index (χ1v) is 19.6. The van der Waals surface area contributed by atoms with E-state index in [1.807, 2.05) is 0 Å². The fraction of sp³-hybridized carbons (Fsp3) is 0.0545. The molecule has 0 saturated carbocycles. The van der Waals surface area contributed by atoms with E-state index in [9.17, 15) is 0 Å². The highest BCUT2D eigenvalue weighted by atomic mass is 16.3. The molecule has 11 aromatic rings. The van der Waals surface area contributed by atoms with Gasteiger partial charge < -0.3 is 4.42 Å². The van der Waals surface area contributed by atoms with Crippen molar-refractivity contribution in [2.75, 3.05) is 0 Å². The number of hydrogen-bond donors (Lipinski definition) is 0. The molecule has 10 aromatic carbocycles. The molecule has 1 heteroatoms. The molecule has 56 heavy (non-hydrogen) atoms. The van der Waals surface area contributed by atoms with E-state index in [0.29, 0.717) is 0 Å². The molecule has 0 atom stereocenters. The molecule has 0 N–H and O–H groups in total. The van der Waals surface area contributed by atoms with E-state index < -0.39 is 0 Å². The van der Waals surface area contributed by atoms with E-state index >= 15 is 0 Å². The highest BCUT2D eigenvalue weighted by molar-refractivity contribution is 6.22. The van der Waals surface area contributed by atoms with Crippen LogP contribution in [-0.4, -0.2) is 0 Å². The van der Waals surface area contributed by atoms with Gasteiger partial charge in [0, 0.05) is 16.2 Å². The van der Waals surface area contributed by atoms with Gasteiger partial charge in [-0.15, -0.1) is 0 Å². The van der Waals surface area contributed by atoms with Crippen molar-refractivity contribution in [3.8, 4) is 44.5 Å². The lowest BCUT2D eigenvalue weighted by Crippen LogP contribution is -2.15. The maximum atomic E-state index is 6.51. The van der Waals surface area contributed by atoms with Crippen LogP contribution < -0.4 is 0 Å². The second kappa shape index (κ2) is 11.5. The van der Waals surface area contributed by atoms with Crippen LogP contribution >= 0.6 is 0 Å². The van der Waals surface area contributed by atoms with Gasteiger partial charge in [0.2, 0.25) is 0 Å². The summed E-state index contributed by atoms with van der Waals surface area (Å²) in [6.45, 7) is 4.74. The maximum absolute atomic E-state index is 6.51. The summed E-state index contributed by atoms with van der Waals surface area (Å²) in [6, 6.07) is 67.1. The highest BCUT2D eigenvalue weighted by Crippen LogP contribution is 2.52. The second-order valence-electron chi connectivity index (χ2n) is 16.0. The van der Waals surface area contributed by atoms with Gasteiger partial charge in [-0.05, 0) is 135 Å². The first-order chi connectivity index (χ1) is 27.5. The molecule has 1 aliphatic rings. The van der Waals surface area contributed by atoms with E-state index in [1.54, 1.807) is 0 Å². The zero-order chi connectivity index (χ0) is 37.1. The molecule has 0 saturated heterocycles. The van der Waals surface area contributed by atoms with Crippen molar-refractivity contribution in [2.24, 2.45) is 0 Å². The monoisotopic (exact) mass is 712 g/mol. The molecule has 0 unspecified atom stereocenters. The van der Waals surface area contributed by atoms with Crippen LogP contribution in [0, 0.1) is 0 Å². The molecule has 0 amide bonds. The van der Waals surface area contributed by atoms with E-state index in [2.05, 4.69) is 196 Å². The van der Waals surface area contributed by atoms with Crippen LogP contribution in [0.4, 0.5) is 0 Å². The average Bonchev–Trinajstić information content (AvgIpc) is 3.72. The van der Waals surface area contributed by atoms with Crippen molar-refractivity contribution >= 4 is 65.0 Å². The Morgan fingerprint density at radius 1 is 0.339 bits per heavy atom. The molecule has 1 heterocycles. The molecule has 0 fully saturated rings. The fourth-order valence-corrected chi connectivity index (χ4v) is 9.89. The Labute approximate surface area is 325 Å². The summed E-state index contributed by atoms with van der Waals surface area (Å²) in [6.07, 6.45) is 0. The van der Waals surface area contributed by atoms with Gasteiger partial charge in [0.05, 0.1) is 0 Å². The molecular formula is C55H36O. The standard InChI is InChI=1S/C55H36O/c1-55(2)48-30-38(24-26-41(48)46-32-51-47(31-49(46)55)54-40-15-7-6-12-33(40)25-27-50(54)56-51)36-20-21-37-29-39(23-22-35(37)28-36)53-44-18-10-8-16-42(44)52(34-13-4-3-5-14-34)43-17-9-11-19-45(43)53/h3-32H,1-2H3. The lowest BCUT2D eigenvalue weighted by molar-refractivity contribution is 0.658. The van der Waals surface area contributed by atoms with Crippen LogP contribution in [-0.2, 0) is 5.41 Å². The molecule has 1 aromatic heterocycles. The molecule has 0 aliphatic heterocycles. The largest absolute Gasteiger partial charge is 0.456 e. The molecule has 0 radical (unpaired) electrons. The van der Waals surface area contributed by atoms with E-state index in [-0.39, 0.29) is 5.41 Å². The normalized spacial score (nSPS) is 13.3. The quantitative estimate of drug-likeness (QED) is 0.166.